The van der Waals surface area contributed by atoms with E-state index in [0.29, 0.717) is 29.1 Å². The van der Waals surface area contributed by atoms with Crippen molar-refractivity contribution in [2.45, 2.75) is 50.4 Å². The van der Waals surface area contributed by atoms with Crippen molar-refractivity contribution in [2.24, 2.45) is 0 Å². The van der Waals surface area contributed by atoms with Crippen molar-refractivity contribution in [3.05, 3.63) is 59.7 Å². The third-order valence-electron chi connectivity index (χ3n) is 6.08. The summed E-state index contributed by atoms with van der Waals surface area (Å²) in [5.74, 6) is 1.16. The first-order chi connectivity index (χ1) is 13.7. The molecule has 2 heterocycles. The van der Waals surface area contributed by atoms with Crippen molar-refractivity contribution in [2.75, 3.05) is 14.2 Å². The zero-order chi connectivity index (χ0) is 19.5. The van der Waals surface area contributed by atoms with E-state index in [2.05, 4.69) is 40.5 Å². The van der Waals surface area contributed by atoms with Crippen molar-refractivity contribution in [1.29, 1.82) is 0 Å². The topological polar surface area (TPSA) is 50.8 Å². The molecule has 2 unspecified atom stereocenters. The van der Waals surface area contributed by atoms with Crippen LogP contribution in [0.4, 0.5) is 0 Å². The van der Waals surface area contributed by atoms with Crippen LogP contribution in [-0.4, -0.2) is 43.2 Å². The van der Waals surface area contributed by atoms with Gasteiger partial charge in [-0.05, 0) is 43.4 Å². The van der Waals surface area contributed by atoms with Gasteiger partial charge >= 0.3 is 0 Å². The summed E-state index contributed by atoms with van der Waals surface area (Å²) in [6, 6.07) is 17.3. The van der Waals surface area contributed by atoms with Crippen molar-refractivity contribution >= 4 is 18.3 Å². The second kappa shape index (κ2) is 9.51. The van der Waals surface area contributed by atoms with Crippen LogP contribution in [0.5, 0.6) is 11.5 Å². The number of nitrogens with zero attached hydrogens (tertiary/aromatic N) is 1. The number of carbonyl (C=O) groups excluding carboxylic acids is 1. The second-order valence-corrected chi connectivity index (χ2v) is 7.75. The number of carbonyl (C=O) groups is 1. The molecule has 2 aliphatic rings. The Balaban J connectivity index is 0.00000240. The van der Waals surface area contributed by atoms with E-state index in [4.69, 9.17) is 9.47 Å². The lowest BCUT2D eigenvalue weighted by molar-refractivity contribution is 0.0825. The van der Waals surface area contributed by atoms with Gasteiger partial charge in [-0.15, -0.1) is 12.4 Å². The predicted octanol–water partition coefficient (Wildman–Crippen LogP) is 4.05. The summed E-state index contributed by atoms with van der Waals surface area (Å²) in [5.41, 5.74) is 1.92. The Morgan fingerprint density at radius 3 is 2.34 bits per heavy atom. The van der Waals surface area contributed by atoms with E-state index < -0.39 is 0 Å². The fourth-order valence-electron chi connectivity index (χ4n) is 4.69. The maximum Gasteiger partial charge on any atom is 0.255 e. The van der Waals surface area contributed by atoms with Gasteiger partial charge in [-0.3, -0.25) is 9.69 Å². The molecular weight excluding hydrogens is 388 g/mol. The highest BCUT2D eigenvalue weighted by Gasteiger charge is 2.41. The number of halogens is 1. The first-order valence-electron chi connectivity index (χ1n) is 10.0. The van der Waals surface area contributed by atoms with Crippen LogP contribution in [0.1, 0.15) is 41.6 Å². The quantitative estimate of drug-likeness (QED) is 0.771. The molecule has 2 fully saturated rings. The molecule has 2 aromatic rings. The summed E-state index contributed by atoms with van der Waals surface area (Å²) in [7, 11) is 3.18. The molecule has 2 aromatic carbocycles. The molecule has 0 spiro atoms. The van der Waals surface area contributed by atoms with Gasteiger partial charge in [0.2, 0.25) is 0 Å². The molecule has 2 saturated heterocycles. The van der Waals surface area contributed by atoms with Crippen molar-refractivity contribution in [3.8, 4) is 11.5 Å². The van der Waals surface area contributed by atoms with Gasteiger partial charge in [0.1, 0.15) is 11.5 Å². The number of benzene rings is 2. The zero-order valence-corrected chi connectivity index (χ0v) is 17.8. The van der Waals surface area contributed by atoms with Crippen LogP contribution < -0.4 is 14.8 Å². The standard InChI is InChI=1S/C23H28N2O3.ClH/c1-27-20-10-11-21(22(14-20)28-2)23(26)24-17-12-18-8-9-19(13-17)25(18)15-16-6-4-3-5-7-16;/h3-7,10-11,14,17-19H,8-9,12-13,15H2,1-2H3,(H,24,26);1H. The van der Waals surface area contributed by atoms with E-state index >= 15 is 0 Å². The first kappa shape index (κ1) is 21.5. The number of rotatable bonds is 6. The van der Waals surface area contributed by atoms with Gasteiger partial charge in [-0.25, -0.2) is 0 Å². The average Bonchev–Trinajstić information content (AvgIpc) is 2.96. The average molecular weight is 417 g/mol. The van der Waals surface area contributed by atoms with E-state index in [1.807, 2.05) is 0 Å². The summed E-state index contributed by atoms with van der Waals surface area (Å²) >= 11 is 0. The minimum absolute atomic E-state index is 0. The van der Waals surface area contributed by atoms with Gasteiger partial charge in [-0.2, -0.15) is 0 Å². The fraction of sp³-hybridized carbons (Fsp3) is 0.435. The van der Waals surface area contributed by atoms with Crippen LogP contribution >= 0.6 is 12.4 Å². The van der Waals surface area contributed by atoms with Gasteiger partial charge in [0.05, 0.1) is 19.8 Å². The van der Waals surface area contributed by atoms with Crippen LogP contribution in [0.15, 0.2) is 48.5 Å². The largest absolute Gasteiger partial charge is 0.497 e. The van der Waals surface area contributed by atoms with Crippen LogP contribution in [0.25, 0.3) is 0 Å². The van der Waals surface area contributed by atoms with Crippen LogP contribution in [0.3, 0.4) is 0 Å². The van der Waals surface area contributed by atoms with E-state index in [9.17, 15) is 4.79 Å². The fourth-order valence-corrected chi connectivity index (χ4v) is 4.69. The Morgan fingerprint density at radius 1 is 1.03 bits per heavy atom. The van der Waals surface area contributed by atoms with Crippen molar-refractivity contribution < 1.29 is 14.3 Å². The minimum Gasteiger partial charge on any atom is -0.497 e. The Kier molecular flexibility index (Phi) is 7.04. The van der Waals surface area contributed by atoms with E-state index in [-0.39, 0.29) is 24.4 Å². The van der Waals surface area contributed by atoms with Crippen molar-refractivity contribution in [1.82, 2.24) is 10.2 Å². The number of nitrogens with one attached hydrogen (secondary N) is 1. The third-order valence-corrected chi connectivity index (χ3v) is 6.08. The molecule has 156 valence electrons. The lowest BCUT2D eigenvalue weighted by atomic mass is 9.96. The lowest BCUT2D eigenvalue weighted by Gasteiger charge is -2.39. The highest BCUT2D eigenvalue weighted by molar-refractivity contribution is 5.97. The number of amides is 1. The van der Waals surface area contributed by atoms with Crippen LogP contribution in [-0.2, 0) is 6.54 Å². The molecule has 4 rings (SSSR count). The number of hydrogen-bond acceptors (Lipinski definition) is 4. The Hall–Kier alpha value is -2.24. The Morgan fingerprint density at radius 2 is 1.72 bits per heavy atom. The molecule has 2 aliphatic heterocycles. The van der Waals surface area contributed by atoms with Crippen molar-refractivity contribution in [3.63, 3.8) is 0 Å². The van der Waals surface area contributed by atoms with Gasteiger partial charge in [0.15, 0.2) is 0 Å². The monoisotopic (exact) mass is 416 g/mol. The summed E-state index contributed by atoms with van der Waals surface area (Å²) in [6.07, 6.45) is 4.45. The van der Waals surface area contributed by atoms with Gasteiger partial charge < -0.3 is 14.8 Å². The van der Waals surface area contributed by atoms with E-state index in [0.717, 1.165) is 19.4 Å². The third kappa shape index (κ3) is 4.68. The maximum atomic E-state index is 12.9. The first-order valence-corrected chi connectivity index (χ1v) is 10.0. The SMILES string of the molecule is COc1ccc(C(=O)NC2CC3CCC(C2)N3Cc2ccccc2)c(OC)c1.Cl. The summed E-state index contributed by atoms with van der Waals surface area (Å²) in [6.45, 7) is 1.00. The van der Waals surface area contributed by atoms with Crippen LogP contribution in [0.2, 0.25) is 0 Å². The molecule has 0 radical (unpaired) electrons. The minimum atomic E-state index is -0.0691. The highest BCUT2D eigenvalue weighted by atomic mass is 35.5. The molecule has 1 amide bonds. The molecule has 2 atom stereocenters. The highest BCUT2D eigenvalue weighted by Crippen LogP contribution is 2.37. The van der Waals surface area contributed by atoms with Gasteiger partial charge in [-0.1, -0.05) is 30.3 Å². The molecule has 0 aliphatic carbocycles. The molecule has 0 saturated carbocycles. The molecule has 6 heteroatoms. The summed E-state index contributed by atoms with van der Waals surface area (Å²) in [5, 5.41) is 3.25. The predicted molar refractivity (Wildman–Crippen MR) is 116 cm³/mol. The smallest absolute Gasteiger partial charge is 0.255 e. The molecule has 5 nitrogen and oxygen atoms in total. The Bertz CT molecular complexity index is 816. The lowest BCUT2D eigenvalue weighted by Crippen LogP contribution is -2.50. The second-order valence-electron chi connectivity index (χ2n) is 7.75. The molecule has 1 N–H and O–H groups in total. The van der Waals surface area contributed by atoms with E-state index in [1.165, 1.54) is 18.4 Å². The molecule has 2 bridgehead atoms. The number of hydrogen-bond donors (Lipinski definition) is 1. The zero-order valence-electron chi connectivity index (χ0n) is 17.0. The van der Waals surface area contributed by atoms with Crippen LogP contribution in [0, 0.1) is 0 Å². The summed E-state index contributed by atoms with van der Waals surface area (Å²) in [4.78, 5) is 15.5. The van der Waals surface area contributed by atoms with Gasteiger partial charge in [0.25, 0.3) is 5.91 Å². The van der Waals surface area contributed by atoms with Gasteiger partial charge in [0, 0.05) is 30.7 Å². The number of methoxy groups -OCH3 is 2. The maximum absolute atomic E-state index is 12.9. The Labute approximate surface area is 178 Å². The van der Waals surface area contributed by atoms with E-state index in [1.54, 1.807) is 32.4 Å². The number of fused-ring (bicyclic) bond motifs is 2. The number of ether oxygens (including phenoxy) is 2. The summed E-state index contributed by atoms with van der Waals surface area (Å²) < 4.78 is 10.6. The normalized spacial score (nSPS) is 23.2. The number of piperidine rings is 1. The molecule has 0 aromatic heterocycles. The molecule has 29 heavy (non-hydrogen) atoms. The molecular formula is C23H29ClN2O3.